The second kappa shape index (κ2) is 3.97. The number of rotatable bonds is 3. The van der Waals surface area contributed by atoms with Gasteiger partial charge in [0.15, 0.2) is 0 Å². The molecule has 1 fully saturated rings. The zero-order chi connectivity index (χ0) is 9.10. The lowest BCUT2D eigenvalue weighted by atomic mass is 9.97. The van der Waals surface area contributed by atoms with Crippen LogP contribution >= 0.6 is 0 Å². The van der Waals surface area contributed by atoms with Crippen molar-refractivity contribution in [2.75, 3.05) is 0 Å². The van der Waals surface area contributed by atoms with Crippen molar-refractivity contribution in [2.45, 2.75) is 38.2 Å². The highest BCUT2D eigenvalue weighted by molar-refractivity contribution is 5.00. The summed E-state index contributed by atoms with van der Waals surface area (Å²) in [6, 6.07) is 3.80. The van der Waals surface area contributed by atoms with E-state index < -0.39 is 0 Å². The largest absolute Gasteiger partial charge is 0.469 e. The van der Waals surface area contributed by atoms with Crippen molar-refractivity contribution in [3.63, 3.8) is 0 Å². The number of hydrogen-bond acceptors (Lipinski definition) is 2. The van der Waals surface area contributed by atoms with Crippen LogP contribution in [0.2, 0.25) is 0 Å². The van der Waals surface area contributed by atoms with Gasteiger partial charge in [0, 0.05) is 6.42 Å². The molecule has 0 amide bonds. The molecular weight excluding hydrogens is 164 g/mol. The molecule has 1 aromatic rings. The van der Waals surface area contributed by atoms with Crippen LogP contribution in [-0.4, -0.2) is 11.2 Å². The summed E-state index contributed by atoms with van der Waals surface area (Å²) in [5.41, 5.74) is 0. The molecule has 13 heavy (non-hydrogen) atoms. The van der Waals surface area contributed by atoms with Crippen molar-refractivity contribution >= 4 is 0 Å². The van der Waals surface area contributed by atoms with Crippen LogP contribution in [0.1, 0.15) is 31.4 Å². The van der Waals surface area contributed by atoms with Crippen LogP contribution in [0.15, 0.2) is 22.8 Å². The van der Waals surface area contributed by atoms with Crippen LogP contribution in [0.5, 0.6) is 0 Å². The first kappa shape index (κ1) is 8.82. The summed E-state index contributed by atoms with van der Waals surface area (Å²) < 4.78 is 5.20. The zero-order valence-electron chi connectivity index (χ0n) is 7.78. The van der Waals surface area contributed by atoms with E-state index in [1.807, 2.05) is 12.1 Å². The molecule has 1 aliphatic rings. The normalized spacial score (nSPS) is 20.7. The Labute approximate surface area is 78.6 Å². The van der Waals surface area contributed by atoms with Crippen molar-refractivity contribution < 1.29 is 9.52 Å². The van der Waals surface area contributed by atoms with E-state index in [2.05, 4.69) is 0 Å². The van der Waals surface area contributed by atoms with Crippen molar-refractivity contribution in [2.24, 2.45) is 5.92 Å². The highest BCUT2D eigenvalue weighted by atomic mass is 16.3. The first-order valence-corrected chi connectivity index (χ1v) is 5.06. The number of hydrogen-bond donors (Lipinski definition) is 1. The molecule has 1 unspecified atom stereocenters. The van der Waals surface area contributed by atoms with Crippen LogP contribution in [0.4, 0.5) is 0 Å². The average molecular weight is 180 g/mol. The van der Waals surface area contributed by atoms with E-state index in [0.29, 0.717) is 12.3 Å². The molecule has 0 radical (unpaired) electrons. The predicted octanol–water partition coefficient (Wildman–Crippen LogP) is 2.37. The smallest absolute Gasteiger partial charge is 0.106 e. The summed E-state index contributed by atoms with van der Waals surface area (Å²) in [4.78, 5) is 0. The summed E-state index contributed by atoms with van der Waals surface area (Å²) in [7, 11) is 0. The molecule has 72 valence electrons. The number of aliphatic hydroxyl groups is 1. The van der Waals surface area contributed by atoms with Gasteiger partial charge in [-0.25, -0.2) is 0 Å². The molecule has 1 aromatic heterocycles. The quantitative estimate of drug-likeness (QED) is 0.774. The van der Waals surface area contributed by atoms with Gasteiger partial charge in [-0.3, -0.25) is 0 Å². The lowest BCUT2D eigenvalue weighted by Gasteiger charge is -2.15. The maximum Gasteiger partial charge on any atom is 0.106 e. The molecule has 2 heteroatoms. The molecule has 2 nitrogen and oxygen atoms in total. The first-order chi connectivity index (χ1) is 6.36. The highest BCUT2D eigenvalue weighted by Crippen LogP contribution is 2.29. The minimum absolute atomic E-state index is 0.200. The third-order valence-electron chi connectivity index (χ3n) is 2.93. The molecule has 1 heterocycles. The standard InChI is InChI=1S/C11H16O2/c12-11(9-4-1-2-5-9)8-10-6-3-7-13-10/h3,6-7,9,11-12H,1-2,4-5,8H2. The molecule has 0 aliphatic heterocycles. The second-order valence-electron chi connectivity index (χ2n) is 3.90. The number of aliphatic hydroxyl groups excluding tert-OH is 1. The predicted molar refractivity (Wildman–Crippen MR) is 50.4 cm³/mol. The minimum atomic E-state index is -0.200. The third kappa shape index (κ3) is 2.13. The van der Waals surface area contributed by atoms with Gasteiger partial charge in [-0.1, -0.05) is 12.8 Å². The molecule has 1 N–H and O–H groups in total. The van der Waals surface area contributed by atoms with Crippen molar-refractivity contribution in [3.8, 4) is 0 Å². The Morgan fingerprint density at radius 3 is 2.85 bits per heavy atom. The fraction of sp³-hybridized carbons (Fsp3) is 0.636. The van der Waals surface area contributed by atoms with Gasteiger partial charge in [0.2, 0.25) is 0 Å². The summed E-state index contributed by atoms with van der Waals surface area (Å²) >= 11 is 0. The molecule has 1 saturated carbocycles. The van der Waals surface area contributed by atoms with E-state index in [4.69, 9.17) is 4.42 Å². The van der Waals surface area contributed by atoms with E-state index in [0.717, 1.165) is 5.76 Å². The fourth-order valence-corrected chi connectivity index (χ4v) is 2.14. The topological polar surface area (TPSA) is 33.4 Å². The Hall–Kier alpha value is -0.760. The molecular formula is C11H16O2. The maximum absolute atomic E-state index is 9.86. The van der Waals surface area contributed by atoms with Crippen molar-refractivity contribution in [3.05, 3.63) is 24.2 Å². The van der Waals surface area contributed by atoms with Crippen LogP contribution in [0.3, 0.4) is 0 Å². The van der Waals surface area contributed by atoms with Gasteiger partial charge in [-0.05, 0) is 30.9 Å². The highest BCUT2D eigenvalue weighted by Gasteiger charge is 2.23. The molecule has 0 aromatic carbocycles. The zero-order valence-corrected chi connectivity index (χ0v) is 7.78. The molecule has 1 atom stereocenters. The van der Waals surface area contributed by atoms with Crippen LogP contribution in [0, 0.1) is 5.92 Å². The summed E-state index contributed by atoms with van der Waals surface area (Å²) in [6.45, 7) is 0. The second-order valence-corrected chi connectivity index (χ2v) is 3.90. The van der Waals surface area contributed by atoms with Gasteiger partial charge in [-0.2, -0.15) is 0 Å². The Morgan fingerprint density at radius 1 is 1.46 bits per heavy atom. The van der Waals surface area contributed by atoms with Gasteiger partial charge in [-0.15, -0.1) is 0 Å². The van der Waals surface area contributed by atoms with Crippen molar-refractivity contribution in [1.82, 2.24) is 0 Å². The van der Waals surface area contributed by atoms with Gasteiger partial charge in [0.05, 0.1) is 12.4 Å². The van der Waals surface area contributed by atoms with Crippen LogP contribution in [0.25, 0.3) is 0 Å². The Morgan fingerprint density at radius 2 is 2.23 bits per heavy atom. The first-order valence-electron chi connectivity index (χ1n) is 5.06. The van der Waals surface area contributed by atoms with E-state index >= 15 is 0 Å². The van der Waals surface area contributed by atoms with Crippen LogP contribution < -0.4 is 0 Å². The van der Waals surface area contributed by atoms with E-state index in [1.165, 1.54) is 25.7 Å². The molecule has 1 aliphatic carbocycles. The van der Waals surface area contributed by atoms with Gasteiger partial charge in [0.1, 0.15) is 5.76 Å². The van der Waals surface area contributed by atoms with Gasteiger partial charge >= 0.3 is 0 Å². The van der Waals surface area contributed by atoms with Gasteiger partial charge < -0.3 is 9.52 Å². The lowest BCUT2D eigenvalue weighted by molar-refractivity contribution is 0.105. The minimum Gasteiger partial charge on any atom is -0.469 e. The molecule has 2 rings (SSSR count). The van der Waals surface area contributed by atoms with Crippen LogP contribution in [-0.2, 0) is 6.42 Å². The summed E-state index contributed by atoms with van der Waals surface area (Å²) in [5, 5.41) is 9.86. The molecule has 0 bridgehead atoms. The summed E-state index contributed by atoms with van der Waals surface area (Å²) in [5.74, 6) is 1.41. The Balaban J connectivity index is 1.87. The fourth-order valence-electron chi connectivity index (χ4n) is 2.14. The van der Waals surface area contributed by atoms with E-state index in [9.17, 15) is 5.11 Å². The van der Waals surface area contributed by atoms with Crippen molar-refractivity contribution in [1.29, 1.82) is 0 Å². The summed E-state index contributed by atoms with van der Waals surface area (Å²) in [6.07, 6.45) is 7.06. The third-order valence-corrected chi connectivity index (χ3v) is 2.93. The number of furan rings is 1. The lowest BCUT2D eigenvalue weighted by Crippen LogP contribution is -2.19. The monoisotopic (exact) mass is 180 g/mol. The van der Waals surface area contributed by atoms with E-state index in [1.54, 1.807) is 6.26 Å². The maximum atomic E-state index is 9.86. The average Bonchev–Trinajstić information content (AvgIpc) is 2.74. The SMILES string of the molecule is OC(Cc1ccco1)C1CCCC1. The molecule has 0 saturated heterocycles. The van der Waals surface area contributed by atoms with Gasteiger partial charge in [0.25, 0.3) is 0 Å². The molecule has 0 spiro atoms. The van der Waals surface area contributed by atoms with E-state index in [-0.39, 0.29) is 6.10 Å². The Kier molecular flexibility index (Phi) is 2.69. The Bertz CT molecular complexity index is 235.